The number of amides is 1. The van der Waals surface area contributed by atoms with Crippen molar-refractivity contribution in [1.29, 1.82) is 0 Å². The summed E-state index contributed by atoms with van der Waals surface area (Å²) in [6.45, 7) is -0.0368. The number of hydrogen-bond acceptors (Lipinski definition) is 4. The van der Waals surface area contributed by atoms with Gasteiger partial charge in [-0.05, 0) is 48.5 Å². The normalized spacial score (nSPS) is 9.81. The third kappa shape index (κ3) is 4.42. The van der Waals surface area contributed by atoms with Gasteiger partial charge in [0.05, 0.1) is 7.11 Å². The number of ether oxygens (including phenoxy) is 2. The molecule has 0 saturated heterocycles. The summed E-state index contributed by atoms with van der Waals surface area (Å²) in [6.07, 6.45) is 0. The molecule has 0 atom stereocenters. The molecule has 2 N–H and O–H groups in total. The van der Waals surface area contributed by atoms with Gasteiger partial charge in [0, 0.05) is 18.4 Å². The fourth-order valence-electron chi connectivity index (χ4n) is 1.74. The van der Waals surface area contributed by atoms with Crippen LogP contribution in [0.2, 0.25) is 0 Å². The Morgan fingerprint density at radius 3 is 2.10 bits per heavy atom. The third-order valence-electron chi connectivity index (χ3n) is 2.89. The van der Waals surface area contributed by atoms with Crippen LogP contribution in [0.15, 0.2) is 48.5 Å². The first-order valence-electron chi connectivity index (χ1n) is 6.56. The molecule has 0 aromatic heterocycles. The van der Waals surface area contributed by atoms with Gasteiger partial charge in [-0.15, -0.1) is 0 Å². The second-order valence-corrected chi connectivity index (χ2v) is 4.34. The highest BCUT2D eigenvalue weighted by Gasteiger charge is 2.04. The number of carbonyl (C=O) groups excluding carboxylic acids is 1. The minimum atomic E-state index is -0.210. The summed E-state index contributed by atoms with van der Waals surface area (Å²) in [5.41, 5.74) is 1.69. The van der Waals surface area contributed by atoms with E-state index in [2.05, 4.69) is 10.6 Å². The summed E-state index contributed by atoms with van der Waals surface area (Å²) >= 11 is 0. The predicted molar refractivity (Wildman–Crippen MR) is 83.1 cm³/mol. The Kier molecular flexibility index (Phi) is 5.04. The average molecular weight is 286 g/mol. The van der Waals surface area contributed by atoms with Crippen molar-refractivity contribution in [3.05, 3.63) is 48.5 Å². The van der Waals surface area contributed by atoms with Crippen LogP contribution in [0.1, 0.15) is 0 Å². The van der Waals surface area contributed by atoms with Gasteiger partial charge in [0.25, 0.3) is 5.91 Å². The number of anilines is 2. The van der Waals surface area contributed by atoms with Gasteiger partial charge in [0.15, 0.2) is 6.61 Å². The molecule has 1 amide bonds. The van der Waals surface area contributed by atoms with Crippen LogP contribution in [-0.4, -0.2) is 26.7 Å². The van der Waals surface area contributed by atoms with Crippen LogP contribution in [0.4, 0.5) is 11.4 Å². The zero-order valence-corrected chi connectivity index (χ0v) is 12.1. The minimum Gasteiger partial charge on any atom is -0.497 e. The number of rotatable bonds is 6. The smallest absolute Gasteiger partial charge is 0.262 e. The van der Waals surface area contributed by atoms with E-state index in [0.717, 1.165) is 11.4 Å². The average Bonchev–Trinajstić information content (AvgIpc) is 2.54. The van der Waals surface area contributed by atoms with Crippen LogP contribution < -0.4 is 20.1 Å². The molecule has 2 aromatic rings. The lowest BCUT2D eigenvalue weighted by Gasteiger charge is -2.08. The Morgan fingerprint density at radius 1 is 0.952 bits per heavy atom. The van der Waals surface area contributed by atoms with E-state index in [1.165, 1.54) is 0 Å². The lowest BCUT2D eigenvalue weighted by molar-refractivity contribution is -0.118. The van der Waals surface area contributed by atoms with Crippen molar-refractivity contribution < 1.29 is 14.3 Å². The van der Waals surface area contributed by atoms with Gasteiger partial charge in [-0.1, -0.05) is 0 Å². The molecule has 0 saturated carbocycles. The van der Waals surface area contributed by atoms with Crippen molar-refractivity contribution in [2.45, 2.75) is 0 Å². The molecule has 5 heteroatoms. The molecule has 0 fully saturated rings. The largest absolute Gasteiger partial charge is 0.497 e. The first-order chi connectivity index (χ1) is 10.2. The Morgan fingerprint density at radius 2 is 1.52 bits per heavy atom. The van der Waals surface area contributed by atoms with Crippen molar-refractivity contribution >= 4 is 17.3 Å². The minimum absolute atomic E-state index is 0.0368. The number of methoxy groups -OCH3 is 1. The zero-order valence-electron chi connectivity index (χ0n) is 12.1. The van der Waals surface area contributed by atoms with Gasteiger partial charge < -0.3 is 20.1 Å². The van der Waals surface area contributed by atoms with Gasteiger partial charge in [0.2, 0.25) is 0 Å². The van der Waals surface area contributed by atoms with Crippen molar-refractivity contribution in [1.82, 2.24) is 0 Å². The van der Waals surface area contributed by atoms with Crippen LogP contribution in [0.3, 0.4) is 0 Å². The Balaban J connectivity index is 1.83. The van der Waals surface area contributed by atoms with E-state index < -0.39 is 0 Å². The number of benzene rings is 2. The fourth-order valence-corrected chi connectivity index (χ4v) is 1.74. The molecule has 21 heavy (non-hydrogen) atoms. The lowest BCUT2D eigenvalue weighted by Crippen LogP contribution is -2.20. The highest BCUT2D eigenvalue weighted by molar-refractivity contribution is 5.91. The maximum Gasteiger partial charge on any atom is 0.262 e. The Hall–Kier alpha value is -2.69. The summed E-state index contributed by atoms with van der Waals surface area (Å²) in [6, 6.07) is 14.5. The van der Waals surface area contributed by atoms with Crippen LogP contribution in [0, 0.1) is 0 Å². The van der Waals surface area contributed by atoms with E-state index in [-0.39, 0.29) is 12.5 Å². The third-order valence-corrected chi connectivity index (χ3v) is 2.89. The van der Waals surface area contributed by atoms with Crippen LogP contribution in [0.25, 0.3) is 0 Å². The van der Waals surface area contributed by atoms with Crippen molar-refractivity contribution in [3.8, 4) is 11.5 Å². The summed E-state index contributed by atoms with van der Waals surface area (Å²) in [5, 5.41) is 5.77. The van der Waals surface area contributed by atoms with Crippen LogP contribution in [0.5, 0.6) is 11.5 Å². The number of carbonyl (C=O) groups is 1. The summed E-state index contributed by atoms with van der Waals surface area (Å²) in [7, 11) is 3.44. The number of nitrogens with one attached hydrogen (secondary N) is 2. The summed E-state index contributed by atoms with van der Waals surface area (Å²) < 4.78 is 10.5. The molecule has 5 nitrogen and oxygen atoms in total. The highest BCUT2D eigenvalue weighted by atomic mass is 16.5. The van der Waals surface area contributed by atoms with E-state index in [0.29, 0.717) is 11.4 Å². The zero-order chi connectivity index (χ0) is 15.1. The van der Waals surface area contributed by atoms with Crippen LogP contribution >= 0.6 is 0 Å². The molecule has 0 aliphatic heterocycles. The highest BCUT2D eigenvalue weighted by Crippen LogP contribution is 2.16. The van der Waals surface area contributed by atoms with Crippen LogP contribution in [-0.2, 0) is 4.79 Å². The SMILES string of the molecule is CNc1ccc(OCC(=O)Nc2ccc(OC)cc2)cc1. The molecule has 0 radical (unpaired) electrons. The predicted octanol–water partition coefficient (Wildman–Crippen LogP) is 2.75. The molecule has 110 valence electrons. The number of hydrogen-bond donors (Lipinski definition) is 2. The lowest BCUT2D eigenvalue weighted by atomic mass is 10.3. The van der Waals surface area contributed by atoms with Crippen molar-refractivity contribution in [2.75, 3.05) is 31.4 Å². The molecule has 2 rings (SSSR count). The van der Waals surface area contributed by atoms with E-state index in [1.807, 2.05) is 31.3 Å². The van der Waals surface area contributed by atoms with E-state index >= 15 is 0 Å². The fraction of sp³-hybridized carbons (Fsp3) is 0.188. The molecule has 0 unspecified atom stereocenters. The van der Waals surface area contributed by atoms with Gasteiger partial charge >= 0.3 is 0 Å². The van der Waals surface area contributed by atoms with Gasteiger partial charge in [-0.3, -0.25) is 4.79 Å². The summed E-state index contributed by atoms with van der Waals surface area (Å²) in [4.78, 5) is 11.8. The second-order valence-electron chi connectivity index (χ2n) is 4.34. The molecule has 2 aromatic carbocycles. The molecule has 0 aliphatic carbocycles. The van der Waals surface area contributed by atoms with E-state index in [1.54, 1.807) is 31.4 Å². The maximum atomic E-state index is 11.8. The van der Waals surface area contributed by atoms with Gasteiger partial charge in [0.1, 0.15) is 11.5 Å². The van der Waals surface area contributed by atoms with Gasteiger partial charge in [-0.25, -0.2) is 0 Å². The first-order valence-corrected chi connectivity index (χ1v) is 6.56. The molecule has 0 aliphatic rings. The Labute approximate surface area is 123 Å². The molecular formula is C16H18N2O3. The monoisotopic (exact) mass is 286 g/mol. The van der Waals surface area contributed by atoms with Crippen molar-refractivity contribution in [3.63, 3.8) is 0 Å². The molecule has 0 spiro atoms. The molecule has 0 bridgehead atoms. The molecule has 0 heterocycles. The first kappa shape index (κ1) is 14.7. The summed E-state index contributed by atoms with van der Waals surface area (Å²) in [5.74, 6) is 1.19. The standard InChI is InChI=1S/C16H18N2O3/c1-17-12-3-9-15(10-4-12)21-11-16(19)18-13-5-7-14(20-2)8-6-13/h3-10,17H,11H2,1-2H3,(H,18,19). The van der Waals surface area contributed by atoms with Crippen molar-refractivity contribution in [2.24, 2.45) is 0 Å². The van der Waals surface area contributed by atoms with E-state index in [4.69, 9.17) is 9.47 Å². The quantitative estimate of drug-likeness (QED) is 0.857. The second kappa shape index (κ2) is 7.19. The molecular weight excluding hydrogens is 268 g/mol. The maximum absolute atomic E-state index is 11.8. The van der Waals surface area contributed by atoms with E-state index in [9.17, 15) is 4.79 Å². The van der Waals surface area contributed by atoms with Gasteiger partial charge in [-0.2, -0.15) is 0 Å². The topological polar surface area (TPSA) is 59.6 Å². The Bertz CT molecular complexity index is 579.